The van der Waals surface area contributed by atoms with Crippen LogP contribution in [-0.2, 0) is 27.8 Å². The Kier molecular flexibility index (Phi) is 6.47. The summed E-state index contributed by atoms with van der Waals surface area (Å²) >= 11 is 0. The van der Waals surface area contributed by atoms with Gasteiger partial charge >= 0.3 is 6.61 Å². The second-order valence-electron chi connectivity index (χ2n) is 9.20. The number of carbonyl (C=O) groups is 1. The van der Waals surface area contributed by atoms with Crippen LogP contribution in [0.2, 0.25) is 0 Å². The maximum Gasteiger partial charge on any atom is 0.387 e. The molecule has 10 heteroatoms. The Morgan fingerprint density at radius 2 is 1.74 bits per heavy atom. The van der Waals surface area contributed by atoms with E-state index in [1.165, 1.54) is 34.1 Å². The van der Waals surface area contributed by atoms with Crippen LogP contribution in [0.4, 0.5) is 8.78 Å². The van der Waals surface area contributed by atoms with Crippen molar-refractivity contribution in [2.24, 2.45) is 5.92 Å². The smallest absolute Gasteiger partial charge is 0.387 e. The molecule has 0 amide bonds. The van der Waals surface area contributed by atoms with Crippen LogP contribution in [0.1, 0.15) is 35.6 Å². The fourth-order valence-corrected chi connectivity index (χ4v) is 6.59. The van der Waals surface area contributed by atoms with Gasteiger partial charge in [0.05, 0.1) is 4.90 Å². The molecule has 0 fully saturated rings. The number of nitrogens with one attached hydrogen (secondary N) is 1. The van der Waals surface area contributed by atoms with E-state index in [4.69, 9.17) is 0 Å². The zero-order valence-corrected chi connectivity index (χ0v) is 19.7. The van der Waals surface area contributed by atoms with Crippen molar-refractivity contribution in [2.75, 3.05) is 19.6 Å². The number of alkyl halides is 2. The maximum absolute atomic E-state index is 13.1. The van der Waals surface area contributed by atoms with Crippen molar-refractivity contribution < 1.29 is 31.8 Å². The molecule has 0 saturated carbocycles. The van der Waals surface area contributed by atoms with E-state index in [-0.39, 0.29) is 35.4 Å². The zero-order valence-electron chi connectivity index (χ0n) is 18.9. The van der Waals surface area contributed by atoms with Gasteiger partial charge in [-0.2, -0.15) is 13.1 Å². The first kappa shape index (κ1) is 24.1. The van der Waals surface area contributed by atoms with Crippen molar-refractivity contribution in [3.05, 3.63) is 70.3 Å². The fraction of sp³-hybridized carbons (Fsp3) is 0.400. The van der Waals surface area contributed by atoms with E-state index < -0.39 is 22.7 Å². The molecule has 2 aliphatic heterocycles. The minimum absolute atomic E-state index is 0.00904. The highest BCUT2D eigenvalue weighted by molar-refractivity contribution is 7.89. The molecule has 0 saturated heterocycles. The summed E-state index contributed by atoms with van der Waals surface area (Å²) in [5.41, 5.74) is 4.74. The number of rotatable bonds is 7. The highest BCUT2D eigenvalue weighted by atomic mass is 32.2. The molecular weight excluding hydrogens is 478 g/mol. The number of hydrogen-bond acceptors (Lipinski definition) is 6. The third kappa shape index (κ3) is 4.75. The van der Waals surface area contributed by atoms with E-state index in [9.17, 15) is 27.1 Å². The summed E-state index contributed by atoms with van der Waals surface area (Å²) < 4.78 is 56.3. The van der Waals surface area contributed by atoms with Crippen LogP contribution in [0.5, 0.6) is 5.75 Å². The molecule has 186 valence electrons. The van der Waals surface area contributed by atoms with Gasteiger partial charge in [-0.3, -0.25) is 4.79 Å². The molecule has 2 aromatic carbocycles. The largest absolute Gasteiger partial charge is 0.435 e. The summed E-state index contributed by atoms with van der Waals surface area (Å²) in [5.74, 6) is -0.733. The number of carbonyl (C=O) groups excluding carboxylic acids is 1. The zero-order chi connectivity index (χ0) is 24.7. The third-order valence-corrected chi connectivity index (χ3v) is 8.82. The summed E-state index contributed by atoms with van der Waals surface area (Å²) in [6, 6.07) is 10.6. The Hall–Kier alpha value is -2.66. The molecule has 1 aliphatic carbocycles. The lowest BCUT2D eigenvalue weighted by atomic mass is 9.89. The lowest BCUT2D eigenvalue weighted by Crippen LogP contribution is -2.31. The second kappa shape index (κ2) is 9.42. The quantitative estimate of drug-likeness (QED) is 0.563. The van der Waals surface area contributed by atoms with Gasteiger partial charge in [-0.1, -0.05) is 29.3 Å². The van der Waals surface area contributed by atoms with Gasteiger partial charge in [-0.15, -0.1) is 0 Å². The van der Waals surface area contributed by atoms with Gasteiger partial charge in [0.25, 0.3) is 0 Å². The van der Waals surface area contributed by atoms with Crippen LogP contribution in [0, 0.1) is 5.92 Å². The molecule has 0 radical (unpaired) electrons. The molecule has 2 heterocycles. The molecule has 7 nitrogen and oxygen atoms in total. The molecule has 35 heavy (non-hydrogen) atoms. The molecule has 1 atom stereocenters. The number of ketones is 1. The highest BCUT2D eigenvalue weighted by Crippen LogP contribution is 2.41. The van der Waals surface area contributed by atoms with Crippen LogP contribution in [0.25, 0.3) is 0 Å². The monoisotopic (exact) mass is 504 g/mol. The Balaban J connectivity index is 1.21. The number of ether oxygens (including phenoxy) is 1. The Bertz CT molecular complexity index is 1260. The molecular formula is C25H26F2N2O5S. The number of aliphatic hydroxyl groups excluding tert-OH is 1. The van der Waals surface area contributed by atoms with Gasteiger partial charge in [0.15, 0.2) is 5.78 Å². The summed E-state index contributed by atoms with van der Waals surface area (Å²) in [5, 5.41) is 14.1. The number of Topliss-reactive ketones (excluding diaryl/α,β-unsaturated/α-hetero) is 1. The van der Waals surface area contributed by atoms with Crippen molar-refractivity contribution in [2.45, 2.75) is 43.4 Å². The van der Waals surface area contributed by atoms with Crippen LogP contribution in [-0.4, -0.2) is 49.9 Å². The maximum atomic E-state index is 13.1. The van der Waals surface area contributed by atoms with E-state index in [1.807, 2.05) is 18.2 Å². The number of fused-ring (bicyclic) bond motifs is 1. The van der Waals surface area contributed by atoms with Crippen molar-refractivity contribution in [1.82, 2.24) is 9.62 Å². The first-order chi connectivity index (χ1) is 16.7. The third-order valence-electron chi connectivity index (χ3n) is 7.01. The lowest BCUT2D eigenvalue weighted by molar-refractivity contribution is -0.131. The molecule has 0 spiro atoms. The van der Waals surface area contributed by atoms with Crippen molar-refractivity contribution in [3.8, 4) is 5.75 Å². The van der Waals surface area contributed by atoms with Crippen molar-refractivity contribution >= 4 is 15.8 Å². The number of sulfonamides is 1. The first-order valence-corrected chi connectivity index (χ1v) is 13.0. The van der Waals surface area contributed by atoms with Crippen LogP contribution in [0.15, 0.2) is 58.5 Å². The molecule has 2 aromatic rings. The van der Waals surface area contributed by atoms with Crippen molar-refractivity contribution in [3.63, 3.8) is 0 Å². The normalized spacial score (nSPS) is 19.7. The number of nitrogens with zero attached hydrogens (tertiary/aromatic N) is 1. The number of hydrogen-bond donors (Lipinski definition) is 2. The first-order valence-electron chi connectivity index (χ1n) is 11.5. The molecule has 1 unspecified atom stereocenters. The van der Waals surface area contributed by atoms with E-state index in [0.29, 0.717) is 18.4 Å². The van der Waals surface area contributed by atoms with Gasteiger partial charge in [0, 0.05) is 25.6 Å². The average molecular weight is 505 g/mol. The van der Waals surface area contributed by atoms with Gasteiger partial charge in [0.2, 0.25) is 10.0 Å². The number of halogens is 2. The molecule has 0 aromatic heterocycles. The summed E-state index contributed by atoms with van der Waals surface area (Å²) in [7, 11) is -3.82. The summed E-state index contributed by atoms with van der Waals surface area (Å²) in [6.45, 7) is -0.996. The van der Waals surface area contributed by atoms with E-state index in [2.05, 4.69) is 10.1 Å². The van der Waals surface area contributed by atoms with Gasteiger partial charge in [0.1, 0.15) is 11.9 Å². The Morgan fingerprint density at radius 3 is 2.40 bits per heavy atom. The minimum atomic E-state index is -3.82. The fourth-order valence-electron chi connectivity index (χ4n) is 5.16. The Morgan fingerprint density at radius 1 is 1.06 bits per heavy atom. The molecule has 5 rings (SSSR count). The Labute approximate surface area is 202 Å². The van der Waals surface area contributed by atoms with E-state index in [1.54, 1.807) is 0 Å². The standard InChI is InChI=1S/C25H26F2N2O5S/c26-25(27)34-21-3-5-22(6-4-21)35(32,33)29-13-19-10-17(11-20(19)14-29)24(31)23(30)16-2-1-15-7-8-28-12-18(15)9-16/h1-6,9,17,23,25,28,30H,7-8,10-14H2. The van der Waals surface area contributed by atoms with Crippen molar-refractivity contribution in [1.29, 1.82) is 0 Å². The van der Waals surface area contributed by atoms with Crippen LogP contribution in [0.3, 0.4) is 0 Å². The van der Waals surface area contributed by atoms with Gasteiger partial charge in [-0.05, 0) is 66.8 Å². The van der Waals surface area contributed by atoms with Gasteiger partial charge in [-0.25, -0.2) is 8.42 Å². The number of benzene rings is 2. The molecule has 2 N–H and O–H groups in total. The summed E-state index contributed by atoms with van der Waals surface area (Å²) in [4.78, 5) is 13.1. The summed E-state index contributed by atoms with van der Waals surface area (Å²) in [6.07, 6.45) is 0.558. The predicted octanol–water partition coefficient (Wildman–Crippen LogP) is 2.95. The number of aliphatic hydroxyl groups is 1. The second-order valence-corrected chi connectivity index (χ2v) is 11.1. The highest BCUT2D eigenvalue weighted by Gasteiger charge is 2.40. The lowest BCUT2D eigenvalue weighted by Gasteiger charge is -2.22. The molecule has 3 aliphatic rings. The van der Waals surface area contributed by atoms with Crippen LogP contribution < -0.4 is 10.1 Å². The van der Waals surface area contributed by atoms with E-state index >= 15 is 0 Å². The SMILES string of the molecule is O=C(C1CC2=C(C1)CN(S(=O)(=O)c1ccc(OC(F)F)cc1)C2)C(O)c1ccc2c(c1)CNCC2. The minimum Gasteiger partial charge on any atom is -0.435 e. The topological polar surface area (TPSA) is 95.9 Å². The van der Waals surface area contributed by atoms with Gasteiger partial charge < -0.3 is 15.2 Å². The molecule has 0 bridgehead atoms. The van der Waals surface area contributed by atoms with E-state index in [0.717, 1.165) is 36.2 Å². The average Bonchev–Trinajstić information content (AvgIpc) is 3.43. The predicted molar refractivity (Wildman–Crippen MR) is 123 cm³/mol. The van der Waals surface area contributed by atoms with Crippen LogP contribution >= 0.6 is 0 Å².